The number of aromatic nitrogens is 4. The Bertz CT molecular complexity index is 919. The van der Waals surface area contributed by atoms with Crippen molar-refractivity contribution in [1.82, 2.24) is 20.0 Å². The number of benzene rings is 1. The van der Waals surface area contributed by atoms with E-state index in [0.717, 1.165) is 16.4 Å². The molecule has 1 aromatic carbocycles. The summed E-state index contributed by atoms with van der Waals surface area (Å²) in [4.78, 5) is 12.5. The third kappa shape index (κ3) is 5.11. The summed E-state index contributed by atoms with van der Waals surface area (Å²) in [6, 6.07) is 10.2. The molecule has 3 rings (SSSR count). The number of rotatable bonds is 8. The van der Waals surface area contributed by atoms with Crippen molar-refractivity contribution in [3.63, 3.8) is 0 Å². The minimum absolute atomic E-state index is 0.0905. The van der Waals surface area contributed by atoms with Crippen LogP contribution in [0.3, 0.4) is 0 Å². The predicted octanol–water partition coefficient (Wildman–Crippen LogP) is 4.74. The topological polar surface area (TPSA) is 84.7 Å². The fourth-order valence-electron chi connectivity index (χ4n) is 2.51. The van der Waals surface area contributed by atoms with E-state index in [-0.39, 0.29) is 17.2 Å². The molecule has 0 spiro atoms. The molecule has 0 aliphatic carbocycles. The molecule has 0 bridgehead atoms. The van der Waals surface area contributed by atoms with Crippen LogP contribution in [0.5, 0.6) is 0 Å². The van der Waals surface area contributed by atoms with Crippen LogP contribution in [0.2, 0.25) is 0 Å². The van der Waals surface area contributed by atoms with Crippen molar-refractivity contribution in [2.75, 3.05) is 10.6 Å². The lowest BCUT2D eigenvalue weighted by atomic mass is 10.1. The molecule has 0 saturated carbocycles. The number of nitrogens with zero attached hydrogens (tertiary/aromatic N) is 4. The first-order valence-corrected chi connectivity index (χ1v) is 10.9. The van der Waals surface area contributed by atoms with Gasteiger partial charge >= 0.3 is 0 Å². The molecule has 1 amide bonds. The largest absolute Gasteiger partial charge is 0.330 e. The van der Waals surface area contributed by atoms with E-state index in [9.17, 15) is 4.79 Å². The van der Waals surface area contributed by atoms with Gasteiger partial charge in [0.2, 0.25) is 11.0 Å². The van der Waals surface area contributed by atoms with E-state index in [1.165, 1.54) is 28.7 Å². The Morgan fingerprint density at radius 1 is 1.18 bits per heavy atom. The monoisotopic (exact) mass is 416 g/mol. The van der Waals surface area contributed by atoms with E-state index >= 15 is 0 Å². The van der Waals surface area contributed by atoms with Gasteiger partial charge in [0.1, 0.15) is 5.82 Å². The number of thioether (sulfide) groups is 1. The molecule has 2 aromatic heterocycles. The van der Waals surface area contributed by atoms with Gasteiger partial charge in [0.15, 0.2) is 4.34 Å². The van der Waals surface area contributed by atoms with Gasteiger partial charge in [-0.2, -0.15) is 5.10 Å². The van der Waals surface area contributed by atoms with E-state index in [1.807, 2.05) is 32.9 Å². The molecule has 0 saturated heterocycles. The summed E-state index contributed by atoms with van der Waals surface area (Å²) in [5, 5.41) is 19.2. The van der Waals surface area contributed by atoms with Gasteiger partial charge in [0.25, 0.3) is 0 Å². The second-order valence-corrected chi connectivity index (χ2v) is 9.12. The van der Waals surface area contributed by atoms with E-state index in [4.69, 9.17) is 0 Å². The molecular weight excluding hydrogens is 392 g/mol. The highest BCUT2D eigenvalue weighted by molar-refractivity contribution is 8.02. The van der Waals surface area contributed by atoms with Crippen molar-refractivity contribution in [1.29, 1.82) is 0 Å². The Morgan fingerprint density at radius 2 is 1.93 bits per heavy atom. The molecule has 148 valence electrons. The lowest BCUT2D eigenvalue weighted by Crippen LogP contribution is -2.24. The normalized spacial score (nSPS) is 12.2. The summed E-state index contributed by atoms with van der Waals surface area (Å²) in [5.41, 5.74) is 2.26. The fourth-order valence-corrected chi connectivity index (χ4v) is 4.43. The van der Waals surface area contributed by atoms with Gasteiger partial charge in [0.05, 0.1) is 11.4 Å². The maximum absolute atomic E-state index is 12.5. The summed E-state index contributed by atoms with van der Waals surface area (Å²) in [6.45, 7) is 8.03. The lowest BCUT2D eigenvalue weighted by Gasteiger charge is -2.14. The van der Waals surface area contributed by atoms with Crippen LogP contribution in [0.15, 0.2) is 40.9 Å². The summed E-state index contributed by atoms with van der Waals surface area (Å²) in [7, 11) is 0. The van der Waals surface area contributed by atoms with Crippen molar-refractivity contribution < 1.29 is 4.79 Å². The molecule has 2 N–H and O–H groups in total. The molecule has 7 nitrogen and oxygen atoms in total. The summed E-state index contributed by atoms with van der Waals surface area (Å²) >= 11 is 2.82. The Kier molecular flexibility index (Phi) is 6.69. The first-order valence-electron chi connectivity index (χ1n) is 9.16. The first kappa shape index (κ1) is 20.3. The zero-order chi connectivity index (χ0) is 20.1. The van der Waals surface area contributed by atoms with Crippen molar-refractivity contribution >= 4 is 45.6 Å². The number of hydrogen-bond acceptors (Lipinski definition) is 7. The highest BCUT2D eigenvalue weighted by Crippen LogP contribution is 2.31. The Hall–Kier alpha value is -2.39. The number of carbonyl (C=O) groups excluding carboxylic acids is 1. The molecule has 9 heteroatoms. The SMILES string of the molecule is CCc1ccc(Nc2nnc(S[C@@H](C)C(=O)Nc3ccnn3C(C)C)s2)cc1. The van der Waals surface area contributed by atoms with Crippen LogP contribution in [-0.2, 0) is 11.2 Å². The second kappa shape index (κ2) is 9.20. The average Bonchev–Trinajstić information content (AvgIpc) is 3.31. The summed E-state index contributed by atoms with van der Waals surface area (Å²) in [5.74, 6) is 0.606. The van der Waals surface area contributed by atoms with E-state index in [0.29, 0.717) is 10.9 Å². The lowest BCUT2D eigenvalue weighted by molar-refractivity contribution is -0.115. The Balaban J connectivity index is 1.57. The van der Waals surface area contributed by atoms with E-state index in [2.05, 4.69) is 45.0 Å². The maximum Gasteiger partial charge on any atom is 0.238 e. The average molecular weight is 417 g/mol. The van der Waals surface area contributed by atoms with Crippen molar-refractivity contribution in [2.24, 2.45) is 0 Å². The summed E-state index contributed by atoms with van der Waals surface area (Å²) in [6.07, 6.45) is 2.70. The van der Waals surface area contributed by atoms with Gasteiger partial charge in [-0.25, -0.2) is 4.68 Å². The van der Waals surface area contributed by atoms with Crippen LogP contribution in [0.4, 0.5) is 16.6 Å². The molecule has 0 aliphatic rings. The highest BCUT2D eigenvalue weighted by Gasteiger charge is 2.19. The highest BCUT2D eigenvalue weighted by atomic mass is 32.2. The molecule has 0 unspecified atom stereocenters. The van der Waals surface area contributed by atoms with Gasteiger partial charge in [0, 0.05) is 17.8 Å². The maximum atomic E-state index is 12.5. The zero-order valence-corrected chi connectivity index (χ0v) is 18.0. The molecular formula is C19H24N6OS2. The van der Waals surface area contributed by atoms with Crippen molar-refractivity contribution in [3.05, 3.63) is 42.1 Å². The number of carbonyl (C=O) groups is 1. The third-order valence-electron chi connectivity index (χ3n) is 4.08. The van der Waals surface area contributed by atoms with Gasteiger partial charge < -0.3 is 10.6 Å². The number of anilines is 3. The molecule has 1 atom stereocenters. The number of aryl methyl sites for hydroxylation is 1. The number of hydrogen-bond donors (Lipinski definition) is 2. The second-order valence-electron chi connectivity index (χ2n) is 6.55. The van der Waals surface area contributed by atoms with Crippen LogP contribution in [0, 0.1) is 0 Å². The minimum atomic E-state index is -0.305. The molecule has 28 heavy (non-hydrogen) atoms. The smallest absolute Gasteiger partial charge is 0.238 e. The van der Waals surface area contributed by atoms with Gasteiger partial charge in [-0.05, 0) is 44.9 Å². The quantitative estimate of drug-likeness (QED) is 0.516. The van der Waals surface area contributed by atoms with Crippen LogP contribution in [0.1, 0.15) is 39.3 Å². The van der Waals surface area contributed by atoms with Crippen LogP contribution >= 0.6 is 23.1 Å². The molecule has 3 aromatic rings. The van der Waals surface area contributed by atoms with Crippen molar-refractivity contribution in [2.45, 2.75) is 49.7 Å². The molecule has 2 heterocycles. The number of nitrogens with one attached hydrogen (secondary N) is 2. The first-order chi connectivity index (χ1) is 13.5. The Morgan fingerprint density at radius 3 is 2.61 bits per heavy atom. The van der Waals surface area contributed by atoms with Crippen LogP contribution in [0.25, 0.3) is 0 Å². The fraction of sp³-hybridized carbons (Fsp3) is 0.368. The third-order valence-corrected chi connectivity index (χ3v) is 6.10. The number of amides is 1. The minimum Gasteiger partial charge on any atom is -0.330 e. The van der Waals surface area contributed by atoms with Gasteiger partial charge in [-0.3, -0.25) is 4.79 Å². The van der Waals surface area contributed by atoms with Crippen LogP contribution in [-0.4, -0.2) is 31.1 Å². The van der Waals surface area contributed by atoms with Crippen LogP contribution < -0.4 is 10.6 Å². The van der Waals surface area contributed by atoms with E-state index in [1.54, 1.807) is 16.9 Å². The predicted molar refractivity (Wildman–Crippen MR) is 116 cm³/mol. The molecule has 0 radical (unpaired) electrons. The van der Waals surface area contributed by atoms with Gasteiger partial charge in [-0.15, -0.1) is 10.2 Å². The molecule has 0 aliphatic heterocycles. The van der Waals surface area contributed by atoms with E-state index < -0.39 is 0 Å². The van der Waals surface area contributed by atoms with Gasteiger partial charge in [-0.1, -0.05) is 42.2 Å². The summed E-state index contributed by atoms with van der Waals surface area (Å²) < 4.78 is 2.53. The molecule has 0 fully saturated rings. The van der Waals surface area contributed by atoms with Crippen molar-refractivity contribution in [3.8, 4) is 0 Å². The standard InChI is InChI=1S/C19H24N6OS2/c1-5-14-6-8-15(9-7-14)21-18-23-24-19(28-18)27-13(4)17(26)22-16-10-11-20-25(16)12(2)3/h6-13H,5H2,1-4H3,(H,21,23)(H,22,26)/t13-/m0/s1. The zero-order valence-electron chi connectivity index (χ0n) is 16.3. The Labute approximate surface area is 173 Å².